The van der Waals surface area contributed by atoms with E-state index in [1.54, 1.807) is 31.5 Å². The monoisotopic (exact) mass is 353 g/mol. The van der Waals surface area contributed by atoms with Gasteiger partial charge in [-0.2, -0.15) is 0 Å². The first-order valence-corrected chi connectivity index (χ1v) is 8.31. The van der Waals surface area contributed by atoms with Crippen LogP contribution in [0.3, 0.4) is 0 Å². The number of methoxy groups -OCH3 is 1. The van der Waals surface area contributed by atoms with Gasteiger partial charge in [0.15, 0.2) is 0 Å². The van der Waals surface area contributed by atoms with Gasteiger partial charge in [0.2, 0.25) is 5.91 Å². The fourth-order valence-electron chi connectivity index (χ4n) is 2.00. The first-order valence-electron chi connectivity index (χ1n) is 6.89. The number of carbonyl (C=O) groups is 2. The first-order chi connectivity index (χ1) is 11.1. The minimum Gasteiger partial charge on any atom is -0.497 e. The third-order valence-corrected chi connectivity index (χ3v) is 4.18. The van der Waals surface area contributed by atoms with Crippen LogP contribution in [-0.2, 0) is 9.53 Å². The number of hydrogen-bond acceptors (Lipinski definition) is 5. The normalized spacial score (nSPS) is 10.2. The predicted molar refractivity (Wildman–Crippen MR) is 91.6 cm³/mol. The van der Waals surface area contributed by atoms with Gasteiger partial charge in [-0.05, 0) is 24.6 Å². The SMILES string of the molecule is CCOC(=O)c1c(-c2ccc(OC)cc2)csc1NC(=O)CCl. The highest BCUT2D eigenvalue weighted by atomic mass is 35.5. The average Bonchev–Trinajstić information content (AvgIpc) is 2.98. The lowest BCUT2D eigenvalue weighted by atomic mass is 10.0. The Morgan fingerprint density at radius 2 is 1.96 bits per heavy atom. The molecule has 122 valence electrons. The molecule has 23 heavy (non-hydrogen) atoms. The molecule has 2 rings (SSSR count). The summed E-state index contributed by atoms with van der Waals surface area (Å²) in [6.07, 6.45) is 0. The van der Waals surface area contributed by atoms with Crippen LogP contribution in [0.2, 0.25) is 0 Å². The van der Waals surface area contributed by atoms with Crippen LogP contribution in [0.15, 0.2) is 29.6 Å². The van der Waals surface area contributed by atoms with Gasteiger partial charge >= 0.3 is 5.97 Å². The number of rotatable bonds is 6. The Morgan fingerprint density at radius 3 is 2.52 bits per heavy atom. The van der Waals surface area contributed by atoms with Gasteiger partial charge in [0, 0.05) is 10.9 Å². The molecule has 0 aliphatic carbocycles. The molecule has 1 N–H and O–H groups in total. The standard InChI is InChI=1S/C16H16ClNO4S/c1-3-22-16(20)14-12(9-23-15(14)18-13(19)8-17)10-4-6-11(21-2)7-5-10/h4-7,9H,3,8H2,1-2H3,(H,18,19). The van der Waals surface area contributed by atoms with E-state index in [1.165, 1.54) is 11.3 Å². The summed E-state index contributed by atoms with van der Waals surface area (Å²) in [7, 11) is 1.59. The van der Waals surface area contributed by atoms with E-state index in [4.69, 9.17) is 21.1 Å². The number of ether oxygens (including phenoxy) is 2. The minimum atomic E-state index is -0.482. The van der Waals surface area contributed by atoms with Crippen molar-refractivity contribution >= 4 is 39.8 Å². The summed E-state index contributed by atoms with van der Waals surface area (Å²) in [5, 5.41) is 4.87. The van der Waals surface area contributed by atoms with Gasteiger partial charge in [0.05, 0.1) is 13.7 Å². The molecule has 7 heteroatoms. The molecule has 1 amide bonds. The number of carbonyl (C=O) groups excluding carboxylic acids is 2. The van der Waals surface area contributed by atoms with Crippen molar-refractivity contribution in [3.8, 4) is 16.9 Å². The molecule has 5 nitrogen and oxygen atoms in total. The lowest BCUT2D eigenvalue weighted by Gasteiger charge is -2.08. The summed E-state index contributed by atoms with van der Waals surface area (Å²) in [5.41, 5.74) is 1.86. The second-order valence-electron chi connectivity index (χ2n) is 4.48. The Kier molecular flexibility index (Phi) is 6.01. The highest BCUT2D eigenvalue weighted by molar-refractivity contribution is 7.15. The molecule has 1 aromatic carbocycles. The zero-order valence-corrected chi connectivity index (χ0v) is 14.3. The third kappa shape index (κ3) is 4.03. The largest absolute Gasteiger partial charge is 0.497 e. The Bertz CT molecular complexity index is 697. The van der Waals surface area contributed by atoms with Crippen LogP contribution in [-0.4, -0.2) is 31.5 Å². The van der Waals surface area contributed by atoms with Crippen molar-refractivity contribution in [2.24, 2.45) is 0 Å². The van der Waals surface area contributed by atoms with Gasteiger partial charge in [0.1, 0.15) is 22.2 Å². The van der Waals surface area contributed by atoms with Crippen molar-refractivity contribution in [3.05, 3.63) is 35.2 Å². The van der Waals surface area contributed by atoms with E-state index in [2.05, 4.69) is 5.32 Å². The number of hydrogen-bond donors (Lipinski definition) is 1. The number of alkyl halides is 1. The second-order valence-corrected chi connectivity index (χ2v) is 5.63. The lowest BCUT2D eigenvalue weighted by molar-refractivity contribution is -0.113. The maximum absolute atomic E-state index is 12.3. The maximum Gasteiger partial charge on any atom is 0.341 e. The Labute approximate surface area is 143 Å². The van der Waals surface area contributed by atoms with E-state index in [0.717, 1.165) is 11.3 Å². The van der Waals surface area contributed by atoms with Crippen molar-refractivity contribution in [2.75, 3.05) is 24.9 Å². The fourth-order valence-corrected chi connectivity index (χ4v) is 3.04. The topological polar surface area (TPSA) is 64.6 Å². The number of benzene rings is 1. The van der Waals surface area contributed by atoms with Gasteiger partial charge in [-0.25, -0.2) is 4.79 Å². The lowest BCUT2D eigenvalue weighted by Crippen LogP contribution is -2.15. The molecule has 0 spiro atoms. The minimum absolute atomic E-state index is 0.183. The summed E-state index contributed by atoms with van der Waals surface area (Å²) in [6.45, 7) is 1.98. The molecular weight excluding hydrogens is 338 g/mol. The summed E-state index contributed by atoms with van der Waals surface area (Å²) < 4.78 is 10.2. The molecular formula is C16H16ClNO4S. The summed E-state index contributed by atoms with van der Waals surface area (Å²) in [4.78, 5) is 23.8. The zero-order valence-electron chi connectivity index (χ0n) is 12.7. The van der Waals surface area contributed by atoms with E-state index < -0.39 is 5.97 Å². The van der Waals surface area contributed by atoms with Crippen molar-refractivity contribution in [1.82, 2.24) is 0 Å². The Morgan fingerprint density at radius 1 is 1.26 bits per heavy atom. The van der Waals surface area contributed by atoms with Crippen LogP contribution in [0.1, 0.15) is 17.3 Å². The van der Waals surface area contributed by atoms with Gasteiger partial charge < -0.3 is 14.8 Å². The van der Waals surface area contributed by atoms with E-state index in [1.807, 2.05) is 12.1 Å². The molecule has 2 aromatic rings. The van der Waals surface area contributed by atoms with E-state index >= 15 is 0 Å². The molecule has 0 aliphatic rings. The zero-order chi connectivity index (χ0) is 16.8. The van der Waals surface area contributed by atoms with Crippen LogP contribution in [0.25, 0.3) is 11.1 Å². The van der Waals surface area contributed by atoms with Gasteiger partial charge in [0.25, 0.3) is 0 Å². The molecule has 0 atom stereocenters. The van der Waals surface area contributed by atoms with E-state index in [-0.39, 0.29) is 18.4 Å². The number of esters is 1. The number of halogens is 1. The summed E-state index contributed by atoms with van der Waals surface area (Å²) in [6, 6.07) is 7.30. The number of nitrogens with one attached hydrogen (secondary N) is 1. The second kappa shape index (κ2) is 7.99. The fraction of sp³-hybridized carbons (Fsp3) is 0.250. The summed E-state index contributed by atoms with van der Waals surface area (Å²) in [5.74, 6) is -0.319. The number of thiophene rings is 1. The van der Waals surface area contributed by atoms with Crippen molar-refractivity contribution in [1.29, 1.82) is 0 Å². The average molecular weight is 354 g/mol. The molecule has 0 aliphatic heterocycles. The van der Waals surface area contributed by atoms with Crippen molar-refractivity contribution < 1.29 is 19.1 Å². The van der Waals surface area contributed by atoms with Crippen LogP contribution in [0, 0.1) is 0 Å². The number of amides is 1. The van der Waals surface area contributed by atoms with Crippen LogP contribution < -0.4 is 10.1 Å². The highest BCUT2D eigenvalue weighted by Crippen LogP contribution is 2.36. The molecule has 0 fully saturated rings. The molecule has 0 unspecified atom stereocenters. The van der Waals surface area contributed by atoms with Crippen molar-refractivity contribution in [3.63, 3.8) is 0 Å². The molecule has 1 heterocycles. The molecule has 0 saturated heterocycles. The van der Waals surface area contributed by atoms with Crippen molar-refractivity contribution in [2.45, 2.75) is 6.92 Å². The Balaban J connectivity index is 2.45. The Hall–Kier alpha value is -2.05. The summed E-state index contributed by atoms with van der Waals surface area (Å²) >= 11 is 6.77. The van der Waals surface area contributed by atoms with Gasteiger partial charge in [-0.15, -0.1) is 22.9 Å². The van der Waals surface area contributed by atoms with Crippen LogP contribution in [0.5, 0.6) is 5.75 Å². The highest BCUT2D eigenvalue weighted by Gasteiger charge is 2.22. The number of anilines is 1. The molecule has 0 saturated carbocycles. The van der Waals surface area contributed by atoms with Crippen LogP contribution in [0.4, 0.5) is 5.00 Å². The first kappa shape index (κ1) is 17.3. The van der Waals surface area contributed by atoms with Crippen LogP contribution >= 0.6 is 22.9 Å². The molecule has 0 bridgehead atoms. The maximum atomic E-state index is 12.3. The predicted octanol–water partition coefficient (Wildman–Crippen LogP) is 3.78. The molecule has 0 radical (unpaired) electrons. The third-order valence-electron chi connectivity index (χ3n) is 3.05. The van der Waals surface area contributed by atoms with Gasteiger partial charge in [-0.3, -0.25) is 4.79 Å². The van der Waals surface area contributed by atoms with E-state index in [9.17, 15) is 9.59 Å². The quantitative estimate of drug-likeness (QED) is 0.634. The smallest absolute Gasteiger partial charge is 0.341 e. The molecule has 1 aromatic heterocycles. The van der Waals surface area contributed by atoms with E-state index in [0.29, 0.717) is 16.1 Å². The van der Waals surface area contributed by atoms with Gasteiger partial charge in [-0.1, -0.05) is 12.1 Å².